The van der Waals surface area contributed by atoms with Gasteiger partial charge >= 0.3 is 12.1 Å². The van der Waals surface area contributed by atoms with E-state index >= 15 is 0 Å². The van der Waals surface area contributed by atoms with Crippen LogP contribution < -0.4 is 16.6 Å². The van der Waals surface area contributed by atoms with Crippen LogP contribution in [0.3, 0.4) is 0 Å². The molecule has 0 unspecified atom stereocenters. The van der Waals surface area contributed by atoms with Crippen molar-refractivity contribution in [1.82, 2.24) is 26.1 Å². The van der Waals surface area contributed by atoms with E-state index in [0.29, 0.717) is 10.6 Å². The summed E-state index contributed by atoms with van der Waals surface area (Å²) in [5.41, 5.74) is 9.81. The van der Waals surface area contributed by atoms with Gasteiger partial charge in [-0.25, -0.2) is 14.4 Å². The molecule has 31 heavy (non-hydrogen) atoms. The predicted octanol–water partition coefficient (Wildman–Crippen LogP) is 1.67. The minimum absolute atomic E-state index is 0.0588. The lowest BCUT2D eigenvalue weighted by molar-refractivity contribution is -0.192. The number of benzene rings is 1. The lowest BCUT2D eigenvalue weighted by Gasteiger charge is -2.03. The Hall–Kier alpha value is -4.14. The number of nitrogens with two attached hydrogens (primary N) is 1. The fraction of sp³-hybridized carbons (Fsp3) is 0.0667. The van der Waals surface area contributed by atoms with Gasteiger partial charge in [-0.15, -0.1) is 0 Å². The molecule has 0 spiro atoms. The van der Waals surface area contributed by atoms with E-state index in [1.807, 2.05) is 0 Å². The van der Waals surface area contributed by atoms with Crippen molar-refractivity contribution in [1.29, 1.82) is 0 Å². The standard InChI is InChI=1S/C13H9ClN6O4.C2HF3O2/c14-7-4-2-1-3-6(7)13-16-8(5-23-13)11(21)17-18-12(22)9-10(15)20-24-19-9;3-2(4,5)1(6)7/h1-5H,(H2,15,20)(H,17,21)(H,18,22);(H,6,7). The molecule has 2 amide bonds. The Bertz CT molecular complexity index is 1100. The maximum absolute atomic E-state index is 12.0. The Labute approximate surface area is 174 Å². The van der Waals surface area contributed by atoms with Gasteiger partial charge in [-0.1, -0.05) is 23.7 Å². The van der Waals surface area contributed by atoms with E-state index in [1.165, 1.54) is 0 Å². The summed E-state index contributed by atoms with van der Waals surface area (Å²) in [6.45, 7) is 0. The molecule has 0 aliphatic carbocycles. The molecule has 16 heteroatoms. The van der Waals surface area contributed by atoms with Gasteiger partial charge in [-0.3, -0.25) is 20.4 Å². The highest BCUT2D eigenvalue weighted by Gasteiger charge is 2.38. The van der Waals surface area contributed by atoms with Crippen molar-refractivity contribution in [2.45, 2.75) is 6.18 Å². The zero-order chi connectivity index (χ0) is 23.2. The summed E-state index contributed by atoms with van der Waals surface area (Å²) in [6.07, 6.45) is -3.95. The van der Waals surface area contributed by atoms with Crippen LogP contribution in [-0.4, -0.2) is 44.4 Å². The zero-order valence-corrected chi connectivity index (χ0v) is 15.6. The van der Waals surface area contributed by atoms with Gasteiger partial charge in [-0.05, 0) is 22.4 Å². The lowest BCUT2D eigenvalue weighted by Crippen LogP contribution is -2.42. The first-order valence-corrected chi connectivity index (χ1v) is 8.07. The number of halogens is 4. The molecule has 0 aliphatic heterocycles. The normalized spacial score (nSPS) is 10.6. The summed E-state index contributed by atoms with van der Waals surface area (Å²) < 4.78 is 41.2. The number of alkyl halides is 3. The van der Waals surface area contributed by atoms with Crippen molar-refractivity contribution in [2.75, 3.05) is 5.73 Å². The molecule has 0 fully saturated rings. The number of carbonyl (C=O) groups is 3. The second-order valence-electron chi connectivity index (χ2n) is 5.23. The smallest absolute Gasteiger partial charge is 0.475 e. The molecule has 0 radical (unpaired) electrons. The van der Waals surface area contributed by atoms with Gasteiger partial charge in [0.25, 0.3) is 11.8 Å². The Morgan fingerprint density at radius 1 is 1.10 bits per heavy atom. The largest absolute Gasteiger partial charge is 0.490 e. The average molecular weight is 463 g/mol. The Morgan fingerprint density at radius 2 is 1.71 bits per heavy atom. The molecule has 0 saturated heterocycles. The summed E-state index contributed by atoms with van der Waals surface area (Å²) in [4.78, 5) is 36.6. The van der Waals surface area contributed by atoms with Crippen LogP contribution in [-0.2, 0) is 4.79 Å². The second-order valence-corrected chi connectivity index (χ2v) is 5.63. The summed E-state index contributed by atoms with van der Waals surface area (Å²) >= 11 is 6.03. The quantitative estimate of drug-likeness (QED) is 0.417. The first-order chi connectivity index (χ1) is 14.5. The number of nitrogens with one attached hydrogen (secondary N) is 2. The van der Waals surface area contributed by atoms with Crippen LogP contribution in [0.5, 0.6) is 0 Å². The van der Waals surface area contributed by atoms with E-state index in [9.17, 15) is 22.8 Å². The summed E-state index contributed by atoms with van der Waals surface area (Å²) in [5, 5.41) is 14.1. The molecule has 0 saturated carbocycles. The van der Waals surface area contributed by atoms with Gasteiger partial charge in [0.05, 0.1) is 10.6 Å². The van der Waals surface area contributed by atoms with E-state index in [4.69, 9.17) is 31.7 Å². The van der Waals surface area contributed by atoms with Crippen molar-refractivity contribution >= 4 is 35.2 Å². The third kappa shape index (κ3) is 6.17. The molecule has 0 aliphatic rings. The van der Waals surface area contributed by atoms with Crippen LogP contribution in [0.4, 0.5) is 19.0 Å². The highest BCUT2D eigenvalue weighted by molar-refractivity contribution is 6.33. The molecule has 164 valence electrons. The summed E-state index contributed by atoms with van der Waals surface area (Å²) in [7, 11) is 0. The van der Waals surface area contributed by atoms with Gasteiger partial charge in [0, 0.05) is 0 Å². The number of aromatic nitrogens is 3. The number of hydrogen-bond donors (Lipinski definition) is 4. The van der Waals surface area contributed by atoms with E-state index in [0.717, 1.165) is 6.26 Å². The number of carbonyl (C=O) groups excluding carboxylic acids is 2. The molecule has 12 nitrogen and oxygen atoms in total. The third-order valence-electron chi connectivity index (χ3n) is 3.10. The number of carboxylic acid groups (broad SMARTS) is 1. The number of aliphatic carboxylic acids is 1. The van der Waals surface area contributed by atoms with Crippen LogP contribution in [0.1, 0.15) is 21.0 Å². The molecular weight excluding hydrogens is 453 g/mol. The number of amides is 2. The monoisotopic (exact) mass is 462 g/mol. The molecule has 1 aromatic carbocycles. The zero-order valence-electron chi connectivity index (χ0n) is 14.8. The average Bonchev–Trinajstić information content (AvgIpc) is 3.35. The Balaban J connectivity index is 0.000000423. The van der Waals surface area contributed by atoms with Crippen molar-refractivity contribution in [3.05, 3.63) is 46.9 Å². The summed E-state index contributed by atoms with van der Waals surface area (Å²) in [6, 6.07) is 6.86. The summed E-state index contributed by atoms with van der Waals surface area (Å²) in [5.74, 6) is -4.30. The highest BCUT2D eigenvalue weighted by atomic mass is 35.5. The third-order valence-corrected chi connectivity index (χ3v) is 3.43. The van der Waals surface area contributed by atoms with Crippen LogP contribution in [0.2, 0.25) is 5.02 Å². The number of oxazole rings is 1. The fourth-order valence-electron chi connectivity index (χ4n) is 1.73. The molecule has 3 aromatic rings. The molecule has 5 N–H and O–H groups in total. The first-order valence-electron chi connectivity index (χ1n) is 7.70. The van der Waals surface area contributed by atoms with E-state index in [1.54, 1.807) is 24.3 Å². The molecule has 0 bridgehead atoms. The SMILES string of the molecule is Nc1nonc1C(=O)NNC(=O)c1coc(-c2ccccc2Cl)n1.O=C(O)C(F)(F)F. The molecular formula is C15H10ClF3N6O6. The van der Waals surface area contributed by atoms with Crippen molar-refractivity contribution in [3.8, 4) is 11.5 Å². The predicted molar refractivity (Wildman–Crippen MR) is 94.3 cm³/mol. The molecule has 2 heterocycles. The highest BCUT2D eigenvalue weighted by Crippen LogP contribution is 2.26. The number of hydrazine groups is 1. The van der Waals surface area contributed by atoms with Crippen LogP contribution in [0, 0.1) is 0 Å². The lowest BCUT2D eigenvalue weighted by atomic mass is 10.2. The minimum atomic E-state index is -5.08. The second kappa shape index (κ2) is 9.57. The van der Waals surface area contributed by atoms with E-state index < -0.39 is 24.0 Å². The van der Waals surface area contributed by atoms with Crippen LogP contribution in [0.25, 0.3) is 11.5 Å². The van der Waals surface area contributed by atoms with Crippen LogP contribution in [0.15, 0.2) is 39.6 Å². The van der Waals surface area contributed by atoms with E-state index in [2.05, 4.69) is 30.8 Å². The Kier molecular flexibility index (Phi) is 7.15. The van der Waals surface area contributed by atoms with Crippen molar-refractivity contribution < 1.29 is 41.7 Å². The number of carboxylic acids is 1. The maximum Gasteiger partial charge on any atom is 0.490 e. The fourth-order valence-corrected chi connectivity index (χ4v) is 1.94. The topological polar surface area (TPSA) is 186 Å². The van der Waals surface area contributed by atoms with Gasteiger partial charge in [0.1, 0.15) is 6.26 Å². The van der Waals surface area contributed by atoms with Crippen LogP contribution >= 0.6 is 11.6 Å². The molecule has 2 aromatic heterocycles. The van der Waals surface area contributed by atoms with Gasteiger partial charge in [-0.2, -0.15) is 13.2 Å². The number of nitrogens with zero attached hydrogens (tertiary/aromatic N) is 3. The molecule has 3 rings (SSSR count). The van der Waals surface area contributed by atoms with Gasteiger partial charge in [0.2, 0.25) is 17.4 Å². The molecule has 0 atom stereocenters. The number of rotatable bonds is 3. The van der Waals surface area contributed by atoms with Gasteiger partial charge in [0.15, 0.2) is 5.69 Å². The Morgan fingerprint density at radius 3 is 2.26 bits per heavy atom. The van der Waals surface area contributed by atoms with Gasteiger partial charge < -0.3 is 15.3 Å². The van der Waals surface area contributed by atoms with E-state index in [-0.39, 0.29) is 23.1 Å². The number of anilines is 1. The van der Waals surface area contributed by atoms with Crippen molar-refractivity contribution in [2.24, 2.45) is 0 Å². The van der Waals surface area contributed by atoms with Crippen molar-refractivity contribution in [3.63, 3.8) is 0 Å². The maximum atomic E-state index is 12.0. The number of hydrogen-bond acceptors (Lipinski definition) is 9. The minimum Gasteiger partial charge on any atom is -0.475 e. The number of nitrogen functional groups attached to an aromatic ring is 1. The first kappa shape index (κ1) is 23.1.